The Labute approximate surface area is 206 Å². The quantitative estimate of drug-likeness (QED) is 0.277. The molecule has 1 heterocycles. The molecule has 3 aromatic carbocycles. The van der Waals surface area contributed by atoms with Gasteiger partial charge in [-0.1, -0.05) is 31.2 Å². The standard InChI is InChI=1S/C27H22N4O5/c1-2-12-36-23-9-4-3-7-18(23)25(32)31-21-8-5-6-17-14-22(29-24(17)21)26(33)30-20-11-10-16(15-28)13-19(20)27(34)35/h3-11,13-14,29H,2,12H2,1H3,(H,30,33)(H,31,32)(H,34,35). The van der Waals surface area contributed by atoms with Gasteiger partial charge in [0.2, 0.25) is 0 Å². The summed E-state index contributed by atoms with van der Waals surface area (Å²) >= 11 is 0. The fraction of sp³-hybridized carbons (Fsp3) is 0.111. The van der Waals surface area contributed by atoms with Gasteiger partial charge in [0, 0.05) is 5.39 Å². The first kappa shape index (κ1) is 24.0. The molecular weight excluding hydrogens is 460 g/mol. The SMILES string of the molecule is CCCOc1ccccc1C(=O)Nc1cccc2cc(C(=O)Nc3ccc(C#N)cc3C(=O)O)[nH]c12. The van der Waals surface area contributed by atoms with E-state index in [1.165, 1.54) is 18.2 Å². The lowest BCUT2D eigenvalue weighted by molar-refractivity contribution is 0.0697. The Balaban J connectivity index is 1.60. The average molecular weight is 482 g/mol. The fourth-order valence-electron chi connectivity index (χ4n) is 3.65. The van der Waals surface area contributed by atoms with Crippen LogP contribution in [0, 0.1) is 11.3 Å². The molecule has 0 saturated carbocycles. The van der Waals surface area contributed by atoms with Crippen molar-refractivity contribution in [3.63, 3.8) is 0 Å². The number of hydrogen-bond acceptors (Lipinski definition) is 5. The number of hydrogen-bond donors (Lipinski definition) is 4. The molecule has 4 N–H and O–H groups in total. The van der Waals surface area contributed by atoms with E-state index >= 15 is 0 Å². The molecular formula is C27H22N4O5. The molecule has 0 bridgehead atoms. The molecule has 9 heteroatoms. The molecule has 0 saturated heterocycles. The number of aromatic nitrogens is 1. The summed E-state index contributed by atoms with van der Waals surface area (Å²) in [5, 5.41) is 24.6. The Bertz CT molecular complexity index is 1520. The molecule has 2 amide bonds. The summed E-state index contributed by atoms with van der Waals surface area (Å²) in [4.78, 5) is 40.5. The van der Waals surface area contributed by atoms with Crippen LogP contribution in [0.5, 0.6) is 5.75 Å². The van der Waals surface area contributed by atoms with E-state index < -0.39 is 11.9 Å². The van der Waals surface area contributed by atoms with Crippen LogP contribution in [-0.2, 0) is 0 Å². The molecule has 180 valence electrons. The predicted octanol–water partition coefficient (Wildman–Crippen LogP) is 5.03. The zero-order valence-corrected chi connectivity index (χ0v) is 19.3. The molecule has 0 spiro atoms. The lowest BCUT2D eigenvalue weighted by atomic mass is 10.1. The number of carboxylic acid groups (broad SMARTS) is 1. The van der Waals surface area contributed by atoms with Gasteiger partial charge in [0.05, 0.1) is 46.3 Å². The summed E-state index contributed by atoms with van der Waals surface area (Å²) in [6.07, 6.45) is 0.805. The summed E-state index contributed by atoms with van der Waals surface area (Å²) in [6, 6.07) is 19.6. The van der Waals surface area contributed by atoms with Crippen molar-refractivity contribution < 1.29 is 24.2 Å². The van der Waals surface area contributed by atoms with Crippen molar-refractivity contribution in [3.05, 3.63) is 89.1 Å². The second-order valence-electron chi connectivity index (χ2n) is 7.88. The van der Waals surface area contributed by atoms with Crippen molar-refractivity contribution in [2.45, 2.75) is 13.3 Å². The number of nitrogens with zero attached hydrogens (tertiary/aromatic N) is 1. The van der Waals surface area contributed by atoms with Crippen molar-refractivity contribution in [1.82, 2.24) is 4.98 Å². The highest BCUT2D eigenvalue weighted by molar-refractivity contribution is 6.12. The average Bonchev–Trinajstić information content (AvgIpc) is 3.33. The largest absolute Gasteiger partial charge is 0.493 e. The van der Waals surface area contributed by atoms with Crippen LogP contribution >= 0.6 is 0 Å². The lowest BCUT2D eigenvalue weighted by Crippen LogP contribution is -2.15. The van der Waals surface area contributed by atoms with E-state index in [0.717, 1.165) is 6.42 Å². The Morgan fingerprint density at radius 2 is 1.72 bits per heavy atom. The summed E-state index contributed by atoms with van der Waals surface area (Å²) in [7, 11) is 0. The Morgan fingerprint density at radius 1 is 0.944 bits per heavy atom. The van der Waals surface area contributed by atoms with Gasteiger partial charge in [0.15, 0.2) is 0 Å². The van der Waals surface area contributed by atoms with Crippen LogP contribution in [-0.4, -0.2) is 34.5 Å². The first-order chi connectivity index (χ1) is 17.4. The monoisotopic (exact) mass is 482 g/mol. The van der Waals surface area contributed by atoms with Gasteiger partial charge in [0.25, 0.3) is 11.8 Å². The number of rotatable bonds is 8. The first-order valence-electron chi connectivity index (χ1n) is 11.1. The van der Waals surface area contributed by atoms with Gasteiger partial charge in [-0.3, -0.25) is 9.59 Å². The van der Waals surface area contributed by atoms with Gasteiger partial charge in [-0.25, -0.2) is 4.79 Å². The molecule has 9 nitrogen and oxygen atoms in total. The number of nitriles is 1. The third kappa shape index (κ3) is 5.03. The summed E-state index contributed by atoms with van der Waals surface area (Å²) < 4.78 is 5.68. The number of nitrogens with one attached hydrogen (secondary N) is 3. The van der Waals surface area contributed by atoms with Crippen LogP contribution < -0.4 is 15.4 Å². The summed E-state index contributed by atoms with van der Waals surface area (Å²) in [6.45, 7) is 2.46. The molecule has 0 aliphatic rings. The van der Waals surface area contributed by atoms with Crippen LogP contribution in [0.25, 0.3) is 10.9 Å². The number of H-pyrrole nitrogens is 1. The number of carbonyl (C=O) groups excluding carboxylic acids is 2. The molecule has 0 unspecified atom stereocenters. The smallest absolute Gasteiger partial charge is 0.337 e. The molecule has 1 aromatic heterocycles. The van der Waals surface area contributed by atoms with Crippen molar-refractivity contribution in [1.29, 1.82) is 5.26 Å². The normalized spacial score (nSPS) is 10.4. The topological polar surface area (TPSA) is 144 Å². The lowest BCUT2D eigenvalue weighted by Gasteiger charge is -2.11. The van der Waals surface area contributed by atoms with Crippen LogP contribution in [0.3, 0.4) is 0 Å². The van der Waals surface area contributed by atoms with Gasteiger partial charge in [-0.05, 0) is 48.9 Å². The minimum atomic E-state index is -1.27. The Hall–Kier alpha value is -5.10. The zero-order valence-electron chi connectivity index (χ0n) is 19.3. The van der Waals surface area contributed by atoms with Crippen molar-refractivity contribution >= 4 is 40.1 Å². The number of amides is 2. The fourth-order valence-corrected chi connectivity index (χ4v) is 3.65. The van der Waals surface area contributed by atoms with E-state index in [-0.39, 0.29) is 28.4 Å². The van der Waals surface area contributed by atoms with Crippen molar-refractivity contribution in [3.8, 4) is 11.8 Å². The zero-order chi connectivity index (χ0) is 25.7. The van der Waals surface area contributed by atoms with E-state index in [9.17, 15) is 19.5 Å². The van der Waals surface area contributed by atoms with Gasteiger partial charge in [-0.15, -0.1) is 0 Å². The predicted molar refractivity (Wildman–Crippen MR) is 135 cm³/mol. The van der Waals surface area contributed by atoms with E-state index in [1.807, 2.05) is 13.0 Å². The van der Waals surface area contributed by atoms with E-state index in [4.69, 9.17) is 10.00 Å². The highest BCUT2D eigenvalue weighted by Crippen LogP contribution is 2.27. The number of aromatic amines is 1. The third-order valence-electron chi connectivity index (χ3n) is 5.37. The maximum Gasteiger partial charge on any atom is 0.337 e. The minimum absolute atomic E-state index is 0.0577. The van der Waals surface area contributed by atoms with Crippen molar-refractivity contribution in [2.75, 3.05) is 17.2 Å². The number of ether oxygens (including phenoxy) is 1. The van der Waals surface area contributed by atoms with Crippen LogP contribution in [0.4, 0.5) is 11.4 Å². The van der Waals surface area contributed by atoms with Gasteiger partial charge in [-0.2, -0.15) is 5.26 Å². The Morgan fingerprint density at radius 3 is 2.47 bits per heavy atom. The van der Waals surface area contributed by atoms with Gasteiger partial charge in [0.1, 0.15) is 11.4 Å². The molecule has 0 fully saturated rings. The number of para-hydroxylation sites is 2. The van der Waals surface area contributed by atoms with Crippen molar-refractivity contribution in [2.24, 2.45) is 0 Å². The number of carboxylic acids is 1. The molecule has 0 atom stereocenters. The highest BCUT2D eigenvalue weighted by Gasteiger charge is 2.18. The minimum Gasteiger partial charge on any atom is -0.493 e. The maximum absolute atomic E-state index is 13.0. The number of fused-ring (bicyclic) bond motifs is 1. The molecule has 36 heavy (non-hydrogen) atoms. The molecule has 0 aliphatic heterocycles. The van der Waals surface area contributed by atoms with E-state index in [0.29, 0.717) is 34.5 Å². The van der Waals surface area contributed by atoms with Crippen LogP contribution in [0.1, 0.15) is 50.1 Å². The highest BCUT2D eigenvalue weighted by atomic mass is 16.5. The molecule has 0 aliphatic carbocycles. The number of carbonyl (C=O) groups is 3. The maximum atomic E-state index is 13.0. The number of anilines is 2. The number of aromatic carboxylic acids is 1. The molecule has 4 rings (SSSR count). The molecule has 0 radical (unpaired) electrons. The Kier molecular flexibility index (Phi) is 6.97. The van der Waals surface area contributed by atoms with Gasteiger partial charge >= 0.3 is 5.97 Å². The van der Waals surface area contributed by atoms with Crippen LogP contribution in [0.15, 0.2) is 66.7 Å². The number of benzene rings is 3. The first-order valence-corrected chi connectivity index (χ1v) is 11.1. The summed E-state index contributed by atoms with van der Waals surface area (Å²) in [5.74, 6) is -1.73. The molecule has 4 aromatic rings. The second-order valence-corrected chi connectivity index (χ2v) is 7.88. The van der Waals surface area contributed by atoms with E-state index in [2.05, 4.69) is 15.6 Å². The summed E-state index contributed by atoms with van der Waals surface area (Å²) in [5.41, 5.74) is 1.57. The van der Waals surface area contributed by atoms with E-state index in [1.54, 1.807) is 48.5 Å². The second kappa shape index (κ2) is 10.4. The van der Waals surface area contributed by atoms with Gasteiger partial charge < -0.3 is 25.5 Å². The third-order valence-corrected chi connectivity index (χ3v) is 5.37. The van der Waals surface area contributed by atoms with Crippen LogP contribution in [0.2, 0.25) is 0 Å².